The van der Waals surface area contributed by atoms with Crippen LogP contribution in [0.15, 0.2) is 5.38 Å². The Morgan fingerprint density at radius 1 is 1.69 bits per heavy atom. The van der Waals surface area contributed by atoms with Crippen LogP contribution in [0.4, 0.5) is 5.13 Å². The first-order valence-electron chi connectivity index (χ1n) is 5.57. The van der Waals surface area contributed by atoms with E-state index in [4.69, 9.17) is 11.6 Å². The highest BCUT2D eigenvalue weighted by molar-refractivity contribution is 7.14. The van der Waals surface area contributed by atoms with E-state index in [0.29, 0.717) is 11.7 Å². The number of hydrogen-bond donors (Lipinski definition) is 0. The van der Waals surface area contributed by atoms with E-state index < -0.39 is 0 Å². The van der Waals surface area contributed by atoms with Gasteiger partial charge in [0.1, 0.15) is 5.69 Å². The lowest BCUT2D eigenvalue weighted by molar-refractivity contribution is 0.101. The summed E-state index contributed by atoms with van der Waals surface area (Å²) in [5.74, 6) is -0.0724. The Hall–Kier alpha value is -0.610. The maximum atomic E-state index is 11.4. The molecule has 2 rings (SSSR count). The normalized spacial score (nSPS) is 15.1. The summed E-state index contributed by atoms with van der Waals surface area (Å²) in [6.45, 7) is 3.18. The van der Waals surface area contributed by atoms with Crippen LogP contribution < -0.4 is 4.90 Å². The highest BCUT2D eigenvalue weighted by Gasteiger charge is 2.30. The molecule has 5 heteroatoms. The van der Waals surface area contributed by atoms with Crippen LogP contribution >= 0.6 is 22.9 Å². The van der Waals surface area contributed by atoms with Crippen molar-refractivity contribution in [1.29, 1.82) is 0 Å². The fourth-order valence-corrected chi connectivity index (χ4v) is 2.72. The van der Waals surface area contributed by atoms with Crippen LogP contribution in [0.1, 0.15) is 36.7 Å². The van der Waals surface area contributed by atoms with Gasteiger partial charge in [0.2, 0.25) is 0 Å². The van der Waals surface area contributed by atoms with E-state index in [0.717, 1.165) is 18.1 Å². The molecule has 3 nitrogen and oxygen atoms in total. The molecule has 1 aliphatic carbocycles. The van der Waals surface area contributed by atoms with E-state index in [1.165, 1.54) is 12.8 Å². The summed E-state index contributed by atoms with van der Waals surface area (Å²) in [7, 11) is 0. The lowest BCUT2D eigenvalue weighted by atomic mass is 10.3. The fraction of sp³-hybridized carbons (Fsp3) is 0.636. The molecule has 0 N–H and O–H groups in total. The van der Waals surface area contributed by atoms with Crippen molar-refractivity contribution in [3.05, 3.63) is 11.1 Å². The second kappa shape index (κ2) is 5.15. The van der Waals surface area contributed by atoms with Crippen LogP contribution in [0, 0.1) is 0 Å². The van der Waals surface area contributed by atoms with Crippen molar-refractivity contribution in [2.75, 3.05) is 17.3 Å². The monoisotopic (exact) mass is 258 g/mol. The number of ketones is 1. The Balaban J connectivity index is 2.12. The van der Waals surface area contributed by atoms with Gasteiger partial charge in [-0.25, -0.2) is 4.98 Å². The molecule has 0 atom stereocenters. The van der Waals surface area contributed by atoms with E-state index in [2.05, 4.69) is 16.8 Å². The number of carbonyl (C=O) groups excluding carboxylic acids is 1. The van der Waals surface area contributed by atoms with Crippen molar-refractivity contribution in [3.63, 3.8) is 0 Å². The summed E-state index contributed by atoms with van der Waals surface area (Å²) in [5.41, 5.74) is 0.511. The number of anilines is 1. The molecule has 0 saturated heterocycles. The van der Waals surface area contributed by atoms with Gasteiger partial charge in [0.05, 0.1) is 5.88 Å². The molecule has 0 radical (unpaired) electrons. The molecule has 0 spiro atoms. The van der Waals surface area contributed by atoms with E-state index in [9.17, 15) is 4.79 Å². The van der Waals surface area contributed by atoms with Gasteiger partial charge in [-0.15, -0.1) is 22.9 Å². The molecule has 88 valence electrons. The minimum atomic E-state index is -0.0867. The molecule has 1 saturated carbocycles. The lowest BCUT2D eigenvalue weighted by Crippen LogP contribution is -2.26. The number of rotatable bonds is 6. The minimum Gasteiger partial charge on any atom is -0.345 e. The maximum Gasteiger partial charge on any atom is 0.196 e. The zero-order valence-electron chi connectivity index (χ0n) is 9.28. The van der Waals surface area contributed by atoms with Crippen LogP contribution in [-0.4, -0.2) is 29.2 Å². The Kier molecular flexibility index (Phi) is 3.82. The fourth-order valence-electron chi connectivity index (χ4n) is 1.65. The average Bonchev–Trinajstić information content (AvgIpc) is 3.02. The summed E-state index contributed by atoms with van der Waals surface area (Å²) in [4.78, 5) is 18.1. The summed E-state index contributed by atoms with van der Waals surface area (Å²) < 4.78 is 0. The van der Waals surface area contributed by atoms with Crippen LogP contribution in [-0.2, 0) is 0 Å². The van der Waals surface area contributed by atoms with Gasteiger partial charge in [-0.05, 0) is 19.3 Å². The summed E-state index contributed by atoms with van der Waals surface area (Å²) in [5, 5.41) is 2.78. The predicted molar refractivity (Wildman–Crippen MR) is 67.8 cm³/mol. The van der Waals surface area contributed by atoms with E-state index in [-0.39, 0.29) is 11.7 Å². The van der Waals surface area contributed by atoms with Gasteiger partial charge in [0.15, 0.2) is 10.9 Å². The molecular weight excluding hydrogens is 244 g/mol. The largest absolute Gasteiger partial charge is 0.345 e. The molecular formula is C11H15ClN2OS. The molecule has 0 unspecified atom stereocenters. The number of aromatic nitrogens is 1. The topological polar surface area (TPSA) is 33.2 Å². The second-order valence-corrected chi connectivity index (χ2v) is 5.10. The molecule has 1 fully saturated rings. The van der Waals surface area contributed by atoms with Crippen LogP contribution in [0.25, 0.3) is 0 Å². The molecule has 0 aromatic carbocycles. The number of Topliss-reactive ketones (excluding diaryl/α,β-unsaturated/α-hetero) is 1. The average molecular weight is 259 g/mol. The third kappa shape index (κ3) is 2.55. The van der Waals surface area contributed by atoms with Crippen LogP contribution in [0.2, 0.25) is 0 Å². The predicted octanol–water partition coefficient (Wildman–Crippen LogP) is 2.94. The molecule has 1 aromatic rings. The summed E-state index contributed by atoms with van der Waals surface area (Å²) in [6, 6.07) is 0.644. The lowest BCUT2D eigenvalue weighted by Gasteiger charge is -2.20. The number of thiazole rings is 1. The molecule has 1 aromatic heterocycles. The molecule has 1 aliphatic rings. The quantitative estimate of drug-likeness (QED) is 0.581. The Morgan fingerprint density at radius 2 is 2.44 bits per heavy atom. The highest BCUT2D eigenvalue weighted by atomic mass is 35.5. The summed E-state index contributed by atoms with van der Waals surface area (Å²) >= 11 is 7.06. The van der Waals surface area contributed by atoms with E-state index in [1.54, 1.807) is 11.3 Å². The third-order valence-corrected chi connectivity index (χ3v) is 3.72. The van der Waals surface area contributed by atoms with Crippen molar-refractivity contribution in [2.24, 2.45) is 0 Å². The zero-order chi connectivity index (χ0) is 11.5. The minimum absolute atomic E-state index is 0.0143. The summed E-state index contributed by atoms with van der Waals surface area (Å²) in [6.07, 6.45) is 3.60. The van der Waals surface area contributed by atoms with Crippen LogP contribution in [0.5, 0.6) is 0 Å². The molecule has 1 heterocycles. The first-order valence-corrected chi connectivity index (χ1v) is 6.99. The van der Waals surface area contributed by atoms with Gasteiger partial charge in [-0.1, -0.05) is 6.92 Å². The molecule has 0 aliphatic heterocycles. The molecule has 16 heavy (non-hydrogen) atoms. The third-order valence-electron chi connectivity index (χ3n) is 2.60. The van der Waals surface area contributed by atoms with Gasteiger partial charge >= 0.3 is 0 Å². The van der Waals surface area contributed by atoms with Gasteiger partial charge in [0.25, 0.3) is 0 Å². The SMILES string of the molecule is CCCN(c1nc(C(=O)CCl)cs1)C1CC1. The van der Waals surface area contributed by atoms with Gasteiger partial charge in [-0.2, -0.15) is 0 Å². The first-order chi connectivity index (χ1) is 7.76. The Bertz CT molecular complexity index is 376. The number of alkyl halides is 1. The van der Waals surface area contributed by atoms with E-state index in [1.807, 2.05) is 5.38 Å². The van der Waals surface area contributed by atoms with Crippen molar-refractivity contribution in [1.82, 2.24) is 4.98 Å². The van der Waals surface area contributed by atoms with Crippen molar-refractivity contribution in [3.8, 4) is 0 Å². The van der Waals surface area contributed by atoms with Gasteiger partial charge in [0, 0.05) is 18.0 Å². The number of hydrogen-bond acceptors (Lipinski definition) is 4. The number of halogens is 1. The highest BCUT2D eigenvalue weighted by Crippen LogP contribution is 2.33. The Morgan fingerprint density at radius 3 is 3.00 bits per heavy atom. The van der Waals surface area contributed by atoms with E-state index >= 15 is 0 Å². The zero-order valence-corrected chi connectivity index (χ0v) is 10.9. The van der Waals surface area contributed by atoms with Gasteiger partial charge < -0.3 is 4.90 Å². The van der Waals surface area contributed by atoms with Crippen molar-refractivity contribution >= 4 is 33.9 Å². The smallest absolute Gasteiger partial charge is 0.196 e. The molecule has 0 amide bonds. The van der Waals surface area contributed by atoms with Crippen molar-refractivity contribution < 1.29 is 4.79 Å². The van der Waals surface area contributed by atoms with Crippen LogP contribution in [0.3, 0.4) is 0 Å². The number of carbonyl (C=O) groups is 1. The van der Waals surface area contributed by atoms with Crippen molar-refractivity contribution in [2.45, 2.75) is 32.2 Å². The second-order valence-electron chi connectivity index (χ2n) is 4.00. The number of nitrogens with zero attached hydrogens (tertiary/aromatic N) is 2. The Labute approximate surface area is 104 Å². The maximum absolute atomic E-state index is 11.4. The molecule has 0 bridgehead atoms. The van der Waals surface area contributed by atoms with Gasteiger partial charge in [-0.3, -0.25) is 4.79 Å². The standard InChI is InChI=1S/C11H15ClN2OS/c1-2-5-14(8-3-4-8)11-13-9(7-16-11)10(15)6-12/h7-8H,2-6H2,1H3. The first kappa shape index (κ1) is 11.9.